The quantitative estimate of drug-likeness (QED) is 0.665. The third-order valence-corrected chi connectivity index (χ3v) is 4.51. The van der Waals surface area contributed by atoms with Crippen LogP contribution in [0.1, 0.15) is 32.1 Å². The van der Waals surface area contributed by atoms with Crippen LogP contribution in [-0.2, 0) is 0 Å². The average Bonchev–Trinajstić information content (AvgIpc) is 2.86. The van der Waals surface area contributed by atoms with Gasteiger partial charge < -0.3 is 15.7 Å². The Hall–Kier alpha value is -0.770. The maximum absolute atomic E-state index is 11.7. The van der Waals surface area contributed by atoms with E-state index in [0.717, 1.165) is 12.8 Å². The minimum Gasteiger partial charge on any atom is -0.396 e. The molecule has 3 rings (SSSR count). The number of carbonyl (C=O) groups is 1. The van der Waals surface area contributed by atoms with Gasteiger partial charge in [-0.3, -0.25) is 0 Å². The molecule has 2 bridgehead atoms. The Bertz CT molecular complexity index is 291. The number of amides is 2. The summed E-state index contributed by atoms with van der Waals surface area (Å²) in [5.41, 5.74) is 0. The maximum Gasteiger partial charge on any atom is 0.315 e. The van der Waals surface area contributed by atoms with Crippen LogP contribution in [0.5, 0.6) is 0 Å². The zero-order chi connectivity index (χ0) is 11.1. The van der Waals surface area contributed by atoms with Gasteiger partial charge in [0.15, 0.2) is 0 Å². The summed E-state index contributed by atoms with van der Waals surface area (Å²) < 4.78 is 0. The van der Waals surface area contributed by atoms with E-state index in [1.54, 1.807) is 0 Å². The highest BCUT2D eigenvalue weighted by molar-refractivity contribution is 5.75. The summed E-state index contributed by atoms with van der Waals surface area (Å²) in [7, 11) is 0. The molecule has 0 saturated heterocycles. The van der Waals surface area contributed by atoms with E-state index in [1.165, 1.54) is 19.3 Å². The van der Waals surface area contributed by atoms with E-state index in [4.69, 9.17) is 0 Å². The van der Waals surface area contributed by atoms with E-state index >= 15 is 0 Å². The normalized spacial score (nSPS) is 41.1. The number of aliphatic hydroxyl groups excluding tert-OH is 1. The van der Waals surface area contributed by atoms with E-state index in [9.17, 15) is 9.90 Å². The Morgan fingerprint density at radius 3 is 2.56 bits per heavy atom. The second kappa shape index (κ2) is 3.91. The predicted molar refractivity (Wildman–Crippen MR) is 59.9 cm³/mol. The van der Waals surface area contributed by atoms with Crippen molar-refractivity contribution in [2.75, 3.05) is 6.61 Å². The maximum atomic E-state index is 11.7. The highest BCUT2D eigenvalue weighted by Crippen LogP contribution is 2.48. The van der Waals surface area contributed by atoms with Gasteiger partial charge in [0.1, 0.15) is 0 Å². The number of nitrogens with one attached hydrogen (secondary N) is 2. The van der Waals surface area contributed by atoms with E-state index in [-0.39, 0.29) is 18.7 Å². The molecule has 4 atom stereocenters. The van der Waals surface area contributed by atoms with Crippen molar-refractivity contribution in [3.63, 3.8) is 0 Å². The molecular weight excluding hydrogens is 204 g/mol. The number of fused-ring (bicyclic) bond motifs is 2. The number of carbonyl (C=O) groups excluding carboxylic acids is 1. The molecule has 3 aliphatic rings. The van der Waals surface area contributed by atoms with Gasteiger partial charge in [0.2, 0.25) is 0 Å². The molecule has 3 N–H and O–H groups in total. The zero-order valence-corrected chi connectivity index (χ0v) is 9.48. The first-order chi connectivity index (χ1) is 7.78. The van der Waals surface area contributed by atoms with E-state index in [0.29, 0.717) is 23.8 Å². The molecular formula is C12H20N2O2. The first kappa shape index (κ1) is 10.4. The molecule has 16 heavy (non-hydrogen) atoms. The van der Waals surface area contributed by atoms with Gasteiger partial charge in [-0.1, -0.05) is 0 Å². The van der Waals surface area contributed by atoms with E-state index in [2.05, 4.69) is 10.6 Å². The minimum atomic E-state index is -0.0292. The van der Waals surface area contributed by atoms with Crippen LogP contribution < -0.4 is 10.6 Å². The van der Waals surface area contributed by atoms with Crippen molar-refractivity contribution < 1.29 is 9.90 Å². The van der Waals surface area contributed by atoms with Crippen LogP contribution in [0.25, 0.3) is 0 Å². The lowest BCUT2D eigenvalue weighted by molar-refractivity contribution is 0.144. The molecule has 0 unspecified atom stereocenters. The monoisotopic (exact) mass is 224 g/mol. The fourth-order valence-corrected chi connectivity index (χ4v) is 3.50. The molecule has 0 aromatic heterocycles. The predicted octanol–water partition coefficient (Wildman–Crippen LogP) is 0.855. The summed E-state index contributed by atoms with van der Waals surface area (Å²) >= 11 is 0. The molecule has 3 saturated carbocycles. The van der Waals surface area contributed by atoms with Crippen molar-refractivity contribution in [3.05, 3.63) is 0 Å². The van der Waals surface area contributed by atoms with Crippen LogP contribution in [0, 0.1) is 17.8 Å². The molecule has 4 nitrogen and oxygen atoms in total. The highest BCUT2D eigenvalue weighted by Gasteiger charge is 2.47. The SMILES string of the molecule is O=C(NC1CC1)N[C@H]1[C@@H]2CC[C@@H](C2)[C@@H]1CO. The van der Waals surface area contributed by atoms with Gasteiger partial charge in [-0.15, -0.1) is 0 Å². The van der Waals surface area contributed by atoms with Gasteiger partial charge in [-0.2, -0.15) is 0 Å². The summed E-state index contributed by atoms with van der Waals surface area (Å²) in [5, 5.41) is 15.4. The first-order valence-electron chi connectivity index (χ1n) is 6.46. The summed E-state index contributed by atoms with van der Waals surface area (Å²) in [6.45, 7) is 0.218. The molecule has 3 aliphatic carbocycles. The van der Waals surface area contributed by atoms with Crippen molar-refractivity contribution in [3.8, 4) is 0 Å². The molecule has 3 fully saturated rings. The van der Waals surface area contributed by atoms with Crippen LogP contribution in [0.3, 0.4) is 0 Å². The molecule has 0 heterocycles. The van der Waals surface area contributed by atoms with Crippen LogP contribution in [0.2, 0.25) is 0 Å². The molecule has 0 radical (unpaired) electrons. The highest BCUT2D eigenvalue weighted by atomic mass is 16.3. The number of hydrogen-bond acceptors (Lipinski definition) is 2. The fraction of sp³-hybridized carbons (Fsp3) is 0.917. The largest absolute Gasteiger partial charge is 0.396 e. The fourth-order valence-electron chi connectivity index (χ4n) is 3.50. The molecule has 0 aliphatic heterocycles. The molecule has 0 aromatic carbocycles. The van der Waals surface area contributed by atoms with Gasteiger partial charge in [0.25, 0.3) is 0 Å². The lowest BCUT2D eigenvalue weighted by atomic mass is 9.85. The van der Waals surface area contributed by atoms with E-state index < -0.39 is 0 Å². The molecule has 0 aromatic rings. The molecule has 90 valence electrons. The smallest absolute Gasteiger partial charge is 0.315 e. The molecule has 0 spiro atoms. The summed E-state index contributed by atoms with van der Waals surface area (Å²) in [5.74, 6) is 1.54. The topological polar surface area (TPSA) is 61.4 Å². The van der Waals surface area contributed by atoms with Crippen molar-refractivity contribution in [2.45, 2.75) is 44.2 Å². The van der Waals surface area contributed by atoms with Crippen LogP contribution in [-0.4, -0.2) is 29.8 Å². The Labute approximate surface area is 95.8 Å². The van der Waals surface area contributed by atoms with Gasteiger partial charge in [0, 0.05) is 24.6 Å². The van der Waals surface area contributed by atoms with Gasteiger partial charge in [-0.05, 0) is 43.9 Å². The second-order valence-corrected chi connectivity index (χ2v) is 5.60. The Morgan fingerprint density at radius 1 is 1.12 bits per heavy atom. The Balaban J connectivity index is 1.58. The average molecular weight is 224 g/mol. The van der Waals surface area contributed by atoms with Gasteiger partial charge >= 0.3 is 6.03 Å². The number of rotatable bonds is 3. The van der Waals surface area contributed by atoms with Crippen molar-refractivity contribution in [1.82, 2.24) is 10.6 Å². The van der Waals surface area contributed by atoms with Gasteiger partial charge in [-0.25, -0.2) is 4.79 Å². The lowest BCUT2D eigenvalue weighted by Gasteiger charge is -2.30. The molecule has 4 heteroatoms. The Morgan fingerprint density at radius 2 is 1.88 bits per heavy atom. The summed E-state index contributed by atoms with van der Waals surface area (Å²) in [4.78, 5) is 11.7. The van der Waals surface area contributed by atoms with E-state index in [1.807, 2.05) is 0 Å². The first-order valence-corrected chi connectivity index (χ1v) is 6.46. The summed E-state index contributed by atoms with van der Waals surface area (Å²) in [6.07, 6.45) is 5.88. The lowest BCUT2D eigenvalue weighted by Crippen LogP contribution is -2.49. The van der Waals surface area contributed by atoms with Crippen LogP contribution in [0.4, 0.5) is 4.79 Å². The van der Waals surface area contributed by atoms with Crippen molar-refractivity contribution in [2.24, 2.45) is 17.8 Å². The zero-order valence-electron chi connectivity index (χ0n) is 9.48. The molecule has 2 amide bonds. The third-order valence-electron chi connectivity index (χ3n) is 4.51. The third kappa shape index (κ3) is 1.79. The van der Waals surface area contributed by atoms with Crippen LogP contribution in [0.15, 0.2) is 0 Å². The van der Waals surface area contributed by atoms with Crippen LogP contribution >= 0.6 is 0 Å². The van der Waals surface area contributed by atoms with Gasteiger partial charge in [0.05, 0.1) is 0 Å². The number of aliphatic hydroxyl groups is 1. The van der Waals surface area contributed by atoms with Crippen molar-refractivity contribution in [1.29, 1.82) is 0 Å². The second-order valence-electron chi connectivity index (χ2n) is 5.60. The minimum absolute atomic E-state index is 0.0292. The summed E-state index contributed by atoms with van der Waals surface area (Å²) in [6, 6.07) is 0.590. The number of urea groups is 1. The van der Waals surface area contributed by atoms with Crippen molar-refractivity contribution >= 4 is 6.03 Å². The Kier molecular flexibility index (Phi) is 2.54. The standard InChI is InChI=1S/C12H20N2O2/c15-6-10-7-1-2-8(5-7)11(10)14-12(16)13-9-3-4-9/h7-11,15H,1-6H2,(H2,13,14,16)/t7-,8+,10-,11-/m0/s1. The number of hydrogen-bond donors (Lipinski definition) is 3.